The second-order valence-electron chi connectivity index (χ2n) is 5.65. The molecule has 5 heteroatoms. The first-order valence-corrected chi connectivity index (χ1v) is 8.68. The lowest BCUT2D eigenvalue weighted by Crippen LogP contribution is -2.12. The topological polar surface area (TPSA) is 76.1 Å². The molecule has 0 aliphatic carbocycles. The van der Waals surface area contributed by atoms with Gasteiger partial charge in [0.1, 0.15) is 24.0 Å². The predicted molar refractivity (Wildman–Crippen MR) is 105 cm³/mol. The summed E-state index contributed by atoms with van der Waals surface area (Å²) in [5.74, 6) is -0.0763. The number of halogens is 1. The van der Waals surface area contributed by atoms with Gasteiger partial charge >= 0.3 is 0 Å². The molecular weight excluding hydrogens is 392 g/mol. The number of benzene rings is 3. The van der Waals surface area contributed by atoms with Crippen LogP contribution < -0.4 is 10.5 Å². The Bertz CT molecular complexity index is 1050. The van der Waals surface area contributed by atoms with Crippen LogP contribution in [0.3, 0.4) is 0 Å². The van der Waals surface area contributed by atoms with Crippen LogP contribution in [0.15, 0.2) is 70.7 Å². The summed E-state index contributed by atoms with van der Waals surface area (Å²) in [6, 6.07) is 21.4. The van der Waals surface area contributed by atoms with Gasteiger partial charge in [0.25, 0.3) is 5.91 Å². The van der Waals surface area contributed by atoms with Crippen molar-refractivity contribution in [2.75, 3.05) is 0 Å². The molecule has 0 unspecified atom stereocenters. The fraction of sp³-hybridized carbons (Fsp3) is 0.0476. The maximum absolute atomic E-state index is 11.1. The Kier molecular flexibility index (Phi) is 5.35. The van der Waals surface area contributed by atoms with Gasteiger partial charge in [-0.15, -0.1) is 0 Å². The number of primary amides is 1. The van der Waals surface area contributed by atoms with Crippen molar-refractivity contribution in [2.24, 2.45) is 5.73 Å². The summed E-state index contributed by atoms with van der Waals surface area (Å²) in [5.41, 5.74) is 6.84. The second-order valence-corrected chi connectivity index (χ2v) is 6.51. The van der Waals surface area contributed by atoms with Crippen molar-refractivity contribution < 1.29 is 9.53 Å². The molecule has 0 saturated heterocycles. The zero-order valence-corrected chi connectivity index (χ0v) is 15.4. The van der Waals surface area contributed by atoms with E-state index in [1.165, 1.54) is 11.5 Å². The molecule has 0 radical (unpaired) electrons. The highest BCUT2D eigenvalue weighted by Gasteiger charge is 2.07. The van der Waals surface area contributed by atoms with Gasteiger partial charge in [0.05, 0.1) is 4.47 Å². The Labute approximate surface area is 159 Å². The largest absolute Gasteiger partial charge is 0.488 e. The van der Waals surface area contributed by atoms with Crippen molar-refractivity contribution in [1.29, 1.82) is 5.26 Å². The van der Waals surface area contributed by atoms with Gasteiger partial charge in [-0.05, 0) is 56.0 Å². The SMILES string of the molecule is N#C/C(=C\c1ccc(OCc2cccc3ccccc23)c(Br)c1)C(N)=O. The molecule has 0 aromatic heterocycles. The number of rotatable bonds is 5. The molecule has 0 spiro atoms. The maximum Gasteiger partial charge on any atom is 0.259 e. The van der Waals surface area contributed by atoms with Crippen molar-refractivity contribution in [2.45, 2.75) is 6.61 Å². The minimum absolute atomic E-state index is 0.0960. The van der Waals surface area contributed by atoms with E-state index in [0.717, 1.165) is 15.4 Å². The Morgan fingerprint density at radius 2 is 1.92 bits per heavy atom. The van der Waals surface area contributed by atoms with Gasteiger partial charge in [-0.1, -0.05) is 48.5 Å². The minimum Gasteiger partial charge on any atom is -0.488 e. The monoisotopic (exact) mass is 406 g/mol. The normalized spacial score (nSPS) is 11.2. The van der Waals surface area contributed by atoms with Crippen LogP contribution in [0.1, 0.15) is 11.1 Å². The summed E-state index contributed by atoms with van der Waals surface area (Å²) in [6.07, 6.45) is 1.45. The lowest BCUT2D eigenvalue weighted by atomic mass is 10.1. The Morgan fingerprint density at radius 1 is 1.15 bits per heavy atom. The Balaban J connectivity index is 1.81. The van der Waals surface area contributed by atoms with Crippen LogP contribution in [0.25, 0.3) is 16.8 Å². The zero-order valence-electron chi connectivity index (χ0n) is 13.8. The zero-order chi connectivity index (χ0) is 18.5. The molecule has 0 saturated carbocycles. The summed E-state index contributed by atoms with van der Waals surface area (Å²) < 4.78 is 6.67. The Morgan fingerprint density at radius 3 is 2.65 bits per heavy atom. The summed E-state index contributed by atoms with van der Waals surface area (Å²) in [7, 11) is 0. The summed E-state index contributed by atoms with van der Waals surface area (Å²) >= 11 is 3.47. The van der Waals surface area contributed by atoms with Gasteiger partial charge in [0.15, 0.2) is 0 Å². The van der Waals surface area contributed by atoms with Crippen LogP contribution in [-0.4, -0.2) is 5.91 Å². The van der Waals surface area contributed by atoms with Crippen molar-refractivity contribution in [1.82, 2.24) is 0 Å². The van der Waals surface area contributed by atoms with Gasteiger partial charge in [-0.25, -0.2) is 0 Å². The Hall–Kier alpha value is -3.10. The number of nitriles is 1. The molecule has 0 atom stereocenters. The van der Waals surface area contributed by atoms with Crippen molar-refractivity contribution >= 4 is 38.7 Å². The highest BCUT2D eigenvalue weighted by atomic mass is 79.9. The summed E-state index contributed by atoms with van der Waals surface area (Å²) in [5, 5.41) is 11.3. The number of amides is 1. The molecule has 0 aliphatic rings. The molecule has 128 valence electrons. The molecule has 3 rings (SSSR count). The fourth-order valence-electron chi connectivity index (χ4n) is 2.62. The van der Waals surface area contributed by atoms with E-state index in [4.69, 9.17) is 15.7 Å². The highest BCUT2D eigenvalue weighted by Crippen LogP contribution is 2.28. The third-order valence-electron chi connectivity index (χ3n) is 3.92. The molecule has 3 aromatic rings. The number of hydrogen-bond acceptors (Lipinski definition) is 3. The van der Waals surface area contributed by atoms with Crippen molar-refractivity contribution in [3.63, 3.8) is 0 Å². The second kappa shape index (κ2) is 7.85. The molecular formula is C21H15BrN2O2. The standard InChI is InChI=1S/C21H15BrN2O2/c22-19-11-14(10-17(12-23)21(24)25)8-9-20(19)26-13-16-6-3-5-15-4-1-2-7-18(15)16/h1-11H,13H2,(H2,24,25)/b17-10+. The number of nitrogens with two attached hydrogens (primary N) is 1. The molecule has 4 nitrogen and oxygen atoms in total. The maximum atomic E-state index is 11.1. The van der Waals surface area contributed by atoms with E-state index < -0.39 is 5.91 Å². The van der Waals surface area contributed by atoms with Crippen LogP contribution in [0.5, 0.6) is 5.75 Å². The number of hydrogen-bond donors (Lipinski definition) is 1. The average molecular weight is 407 g/mol. The van der Waals surface area contributed by atoms with Crippen molar-refractivity contribution in [3.8, 4) is 11.8 Å². The molecule has 26 heavy (non-hydrogen) atoms. The minimum atomic E-state index is -0.750. The number of carbonyl (C=O) groups is 1. The van der Waals surface area contributed by atoms with E-state index in [9.17, 15) is 4.79 Å². The van der Waals surface area contributed by atoms with Crippen LogP contribution in [0.4, 0.5) is 0 Å². The van der Waals surface area contributed by atoms with E-state index in [1.807, 2.05) is 24.3 Å². The number of ether oxygens (including phenoxy) is 1. The number of nitrogens with zero attached hydrogens (tertiary/aromatic N) is 1. The third kappa shape index (κ3) is 3.93. The molecule has 0 fully saturated rings. The predicted octanol–water partition coefficient (Wildman–Crippen LogP) is 4.57. The van der Waals surface area contributed by atoms with Gasteiger partial charge in [-0.2, -0.15) is 5.26 Å². The van der Waals surface area contributed by atoms with E-state index >= 15 is 0 Å². The van der Waals surface area contributed by atoms with Crippen molar-refractivity contribution in [3.05, 3.63) is 81.8 Å². The number of fused-ring (bicyclic) bond motifs is 1. The molecule has 1 amide bonds. The summed E-state index contributed by atoms with van der Waals surface area (Å²) in [4.78, 5) is 11.1. The number of carbonyl (C=O) groups excluding carboxylic acids is 1. The van der Waals surface area contributed by atoms with Gasteiger partial charge in [-0.3, -0.25) is 4.79 Å². The third-order valence-corrected chi connectivity index (χ3v) is 4.54. The molecule has 0 aliphatic heterocycles. The molecule has 0 bridgehead atoms. The highest BCUT2D eigenvalue weighted by molar-refractivity contribution is 9.10. The van der Waals surface area contributed by atoms with Crippen LogP contribution in [0.2, 0.25) is 0 Å². The first-order valence-electron chi connectivity index (χ1n) is 7.89. The quantitative estimate of drug-likeness (QED) is 0.497. The van der Waals surface area contributed by atoms with E-state index in [-0.39, 0.29) is 5.57 Å². The first-order chi connectivity index (χ1) is 12.6. The van der Waals surface area contributed by atoms with Crippen LogP contribution in [-0.2, 0) is 11.4 Å². The van der Waals surface area contributed by atoms with Gasteiger partial charge in [0, 0.05) is 0 Å². The van der Waals surface area contributed by atoms with E-state index in [0.29, 0.717) is 17.9 Å². The molecule has 3 aromatic carbocycles. The van der Waals surface area contributed by atoms with Gasteiger partial charge in [0.2, 0.25) is 0 Å². The molecule has 0 heterocycles. The van der Waals surface area contributed by atoms with Gasteiger partial charge < -0.3 is 10.5 Å². The average Bonchev–Trinajstić information content (AvgIpc) is 2.65. The lowest BCUT2D eigenvalue weighted by Gasteiger charge is -2.11. The van der Waals surface area contributed by atoms with Crippen LogP contribution >= 0.6 is 15.9 Å². The lowest BCUT2D eigenvalue weighted by molar-refractivity contribution is -0.114. The van der Waals surface area contributed by atoms with E-state index in [2.05, 4.69) is 34.1 Å². The summed E-state index contributed by atoms with van der Waals surface area (Å²) in [6.45, 7) is 0.430. The fourth-order valence-corrected chi connectivity index (χ4v) is 3.13. The smallest absolute Gasteiger partial charge is 0.259 e. The molecule has 2 N–H and O–H groups in total. The van der Waals surface area contributed by atoms with E-state index in [1.54, 1.807) is 24.3 Å². The van der Waals surface area contributed by atoms with Crippen LogP contribution in [0, 0.1) is 11.3 Å². The first kappa shape index (κ1) is 17.7.